The summed E-state index contributed by atoms with van der Waals surface area (Å²) in [5.41, 5.74) is 8.20. The van der Waals surface area contributed by atoms with Crippen molar-refractivity contribution < 1.29 is 4.74 Å². The number of hydrogen-bond acceptors (Lipinski definition) is 6. The molecule has 0 radical (unpaired) electrons. The number of hydrogen-bond donors (Lipinski definition) is 2. The summed E-state index contributed by atoms with van der Waals surface area (Å²) in [5.74, 6) is 1.98. The van der Waals surface area contributed by atoms with Crippen molar-refractivity contribution in [1.82, 2.24) is 19.5 Å². The molecule has 3 heterocycles. The van der Waals surface area contributed by atoms with Gasteiger partial charge in [-0.25, -0.2) is 9.97 Å². The first-order valence-electron chi connectivity index (χ1n) is 9.52. The summed E-state index contributed by atoms with van der Waals surface area (Å²) in [7, 11) is 0. The number of rotatable bonds is 5. The van der Waals surface area contributed by atoms with Crippen LogP contribution in [0.25, 0.3) is 16.7 Å². The Kier molecular flexibility index (Phi) is 4.86. The van der Waals surface area contributed by atoms with Crippen molar-refractivity contribution in [2.75, 3.05) is 11.1 Å². The van der Waals surface area contributed by atoms with Crippen LogP contribution in [0.15, 0.2) is 85.3 Å². The predicted octanol–water partition coefficient (Wildman–Crippen LogP) is 5.59. The normalized spacial score (nSPS) is 10.9. The van der Waals surface area contributed by atoms with E-state index in [0.29, 0.717) is 22.4 Å². The second kappa shape index (κ2) is 7.97. The van der Waals surface area contributed by atoms with E-state index in [9.17, 15) is 0 Å². The fourth-order valence-electron chi connectivity index (χ4n) is 3.25. The van der Waals surface area contributed by atoms with E-state index in [2.05, 4.69) is 20.3 Å². The molecule has 3 N–H and O–H groups in total. The third-order valence-corrected chi connectivity index (χ3v) is 4.89. The molecular formula is C23H17ClN6O. The highest BCUT2D eigenvalue weighted by atomic mass is 35.5. The fourth-order valence-corrected chi connectivity index (χ4v) is 3.38. The number of pyridine rings is 1. The monoisotopic (exact) mass is 428 g/mol. The Morgan fingerprint density at radius 1 is 0.968 bits per heavy atom. The van der Waals surface area contributed by atoms with Crippen molar-refractivity contribution in [2.45, 2.75) is 0 Å². The van der Waals surface area contributed by atoms with Crippen LogP contribution in [0.1, 0.15) is 0 Å². The van der Waals surface area contributed by atoms with E-state index >= 15 is 0 Å². The molecule has 0 amide bonds. The summed E-state index contributed by atoms with van der Waals surface area (Å²) < 4.78 is 8.09. The lowest BCUT2D eigenvalue weighted by Crippen LogP contribution is -1.99. The zero-order valence-corrected chi connectivity index (χ0v) is 17.0. The summed E-state index contributed by atoms with van der Waals surface area (Å²) in [6.45, 7) is 0. The topological polar surface area (TPSA) is 90.9 Å². The number of para-hydroxylation sites is 1. The smallest absolute Gasteiger partial charge is 0.243 e. The zero-order chi connectivity index (χ0) is 21.2. The zero-order valence-electron chi connectivity index (χ0n) is 16.2. The summed E-state index contributed by atoms with van der Waals surface area (Å²) in [6.07, 6.45) is 5.12. The summed E-state index contributed by atoms with van der Waals surface area (Å²) in [6, 6.07) is 21.0. The molecule has 0 aliphatic heterocycles. The lowest BCUT2D eigenvalue weighted by Gasteiger charge is -2.09. The van der Waals surface area contributed by atoms with Crippen LogP contribution < -0.4 is 15.8 Å². The minimum Gasteiger partial charge on any atom is -0.435 e. The standard InChI is InChI=1S/C23H17ClN6O/c24-18-13-27-23(28-16-7-5-6-15(25)12-16)29-22(18)31-20-14-30(21-10-3-4-11-26-21)19-9-2-1-8-17(19)20/h1-14H,25H2,(H,27,28,29). The first-order chi connectivity index (χ1) is 15.2. The van der Waals surface area contributed by atoms with Crippen molar-refractivity contribution in [2.24, 2.45) is 0 Å². The maximum absolute atomic E-state index is 6.33. The van der Waals surface area contributed by atoms with Crippen molar-refractivity contribution in [1.29, 1.82) is 0 Å². The number of aromatic nitrogens is 4. The van der Waals surface area contributed by atoms with Gasteiger partial charge in [-0.3, -0.25) is 4.57 Å². The van der Waals surface area contributed by atoms with Crippen molar-refractivity contribution in [3.05, 3.63) is 90.3 Å². The first-order valence-corrected chi connectivity index (χ1v) is 9.89. The molecule has 0 saturated heterocycles. The molecule has 0 aliphatic rings. The highest BCUT2D eigenvalue weighted by Gasteiger charge is 2.15. The molecule has 5 aromatic rings. The van der Waals surface area contributed by atoms with Crippen LogP contribution in [-0.4, -0.2) is 19.5 Å². The van der Waals surface area contributed by atoms with Crippen molar-refractivity contribution in [3.63, 3.8) is 0 Å². The number of anilines is 3. The van der Waals surface area contributed by atoms with Gasteiger partial charge in [0.05, 0.1) is 17.9 Å². The van der Waals surface area contributed by atoms with Crippen molar-refractivity contribution in [3.8, 4) is 17.4 Å². The molecule has 0 aliphatic carbocycles. The van der Waals surface area contributed by atoms with Crippen LogP contribution in [0, 0.1) is 0 Å². The average molecular weight is 429 g/mol. The van der Waals surface area contributed by atoms with Crippen molar-refractivity contribution >= 4 is 39.8 Å². The molecule has 152 valence electrons. The van der Waals surface area contributed by atoms with Gasteiger partial charge in [0.15, 0.2) is 5.75 Å². The molecule has 0 atom stereocenters. The molecule has 7 nitrogen and oxygen atoms in total. The fraction of sp³-hybridized carbons (Fsp3) is 0. The minimum absolute atomic E-state index is 0.243. The van der Waals surface area contributed by atoms with Crippen LogP contribution >= 0.6 is 11.6 Å². The molecule has 0 spiro atoms. The second-order valence-corrected chi connectivity index (χ2v) is 7.17. The third-order valence-electron chi connectivity index (χ3n) is 4.63. The molecule has 0 fully saturated rings. The Bertz CT molecular complexity index is 1370. The Morgan fingerprint density at radius 2 is 1.84 bits per heavy atom. The molecule has 8 heteroatoms. The number of halogens is 1. The van der Waals surface area contributed by atoms with Gasteiger partial charge in [0.25, 0.3) is 0 Å². The van der Waals surface area contributed by atoms with Crippen LogP contribution in [0.2, 0.25) is 5.02 Å². The molecule has 5 rings (SSSR count). The largest absolute Gasteiger partial charge is 0.435 e. The summed E-state index contributed by atoms with van der Waals surface area (Å²) >= 11 is 6.33. The van der Waals surface area contributed by atoms with Crippen LogP contribution in [0.4, 0.5) is 17.3 Å². The summed E-state index contributed by atoms with van der Waals surface area (Å²) in [5, 5.41) is 4.32. The van der Waals surface area contributed by atoms with Crippen LogP contribution in [-0.2, 0) is 0 Å². The number of nitrogens with zero attached hydrogens (tertiary/aromatic N) is 4. The van der Waals surface area contributed by atoms with E-state index in [-0.39, 0.29) is 5.88 Å². The molecule has 31 heavy (non-hydrogen) atoms. The van der Waals surface area contributed by atoms with Gasteiger partial charge in [-0.15, -0.1) is 0 Å². The number of nitrogens with two attached hydrogens (primary N) is 1. The highest BCUT2D eigenvalue weighted by molar-refractivity contribution is 6.31. The lowest BCUT2D eigenvalue weighted by molar-refractivity contribution is 0.467. The van der Waals surface area contributed by atoms with E-state index in [1.54, 1.807) is 18.3 Å². The first kappa shape index (κ1) is 18.9. The molecule has 3 aromatic heterocycles. The molecule has 0 saturated carbocycles. The van der Waals surface area contributed by atoms with Gasteiger partial charge in [-0.05, 0) is 42.5 Å². The van der Waals surface area contributed by atoms with Gasteiger partial charge < -0.3 is 15.8 Å². The van der Waals surface area contributed by atoms with Gasteiger partial charge >= 0.3 is 0 Å². The summed E-state index contributed by atoms with van der Waals surface area (Å²) in [4.78, 5) is 13.1. The van der Waals surface area contributed by atoms with E-state index in [1.807, 2.05) is 65.4 Å². The number of benzene rings is 2. The van der Waals surface area contributed by atoms with E-state index < -0.39 is 0 Å². The quantitative estimate of drug-likeness (QED) is 0.355. The molecule has 0 unspecified atom stereocenters. The number of ether oxygens (including phenoxy) is 1. The Labute approximate surface area is 183 Å². The van der Waals surface area contributed by atoms with Gasteiger partial charge in [-0.1, -0.05) is 35.9 Å². The number of nitrogen functional groups attached to an aromatic ring is 1. The van der Waals surface area contributed by atoms with Crippen LogP contribution in [0.3, 0.4) is 0 Å². The lowest BCUT2D eigenvalue weighted by atomic mass is 10.2. The maximum atomic E-state index is 6.33. The molecule has 2 aromatic carbocycles. The minimum atomic E-state index is 0.243. The Balaban J connectivity index is 1.51. The van der Waals surface area contributed by atoms with Gasteiger partial charge in [0.1, 0.15) is 10.8 Å². The van der Waals surface area contributed by atoms with Gasteiger partial charge in [0.2, 0.25) is 11.8 Å². The predicted molar refractivity (Wildman–Crippen MR) is 122 cm³/mol. The second-order valence-electron chi connectivity index (χ2n) is 6.77. The van der Waals surface area contributed by atoms with E-state index in [4.69, 9.17) is 22.1 Å². The van der Waals surface area contributed by atoms with E-state index in [1.165, 1.54) is 6.20 Å². The molecule has 0 bridgehead atoms. The van der Waals surface area contributed by atoms with Gasteiger partial charge in [-0.2, -0.15) is 4.98 Å². The average Bonchev–Trinajstić information content (AvgIpc) is 3.15. The van der Waals surface area contributed by atoms with Crippen LogP contribution in [0.5, 0.6) is 11.6 Å². The Hall–Kier alpha value is -4.10. The molecular weight excluding hydrogens is 412 g/mol. The number of nitrogens with one attached hydrogen (secondary N) is 1. The Morgan fingerprint density at radius 3 is 2.68 bits per heavy atom. The maximum Gasteiger partial charge on any atom is 0.243 e. The van der Waals surface area contributed by atoms with Gasteiger partial charge in [0, 0.05) is 23.0 Å². The number of fused-ring (bicyclic) bond motifs is 1. The SMILES string of the molecule is Nc1cccc(Nc2ncc(Cl)c(Oc3cn(-c4ccccn4)c4ccccc34)n2)c1. The van der Waals surface area contributed by atoms with E-state index in [0.717, 1.165) is 22.4 Å². The third kappa shape index (κ3) is 3.86. The highest BCUT2D eigenvalue weighted by Crippen LogP contribution is 2.35.